The van der Waals surface area contributed by atoms with Crippen LogP contribution in [0.1, 0.15) is 52.4 Å². The molecule has 0 aromatic heterocycles. The molecule has 0 unspecified atom stereocenters. The second kappa shape index (κ2) is 5.85. The SMILES string of the molecule is CC(C)CONC(=O)C(C1CCC1)C1CCC1. The van der Waals surface area contributed by atoms with Crippen LogP contribution in [-0.2, 0) is 9.63 Å². The van der Waals surface area contributed by atoms with E-state index in [1.54, 1.807) is 0 Å². The molecule has 0 spiro atoms. The minimum absolute atomic E-state index is 0.139. The topological polar surface area (TPSA) is 38.3 Å². The van der Waals surface area contributed by atoms with Gasteiger partial charge in [-0.15, -0.1) is 0 Å². The van der Waals surface area contributed by atoms with Gasteiger partial charge < -0.3 is 0 Å². The third-order valence-corrected chi connectivity index (χ3v) is 4.21. The third kappa shape index (κ3) is 3.21. The quantitative estimate of drug-likeness (QED) is 0.724. The van der Waals surface area contributed by atoms with E-state index in [1.165, 1.54) is 38.5 Å². The van der Waals surface area contributed by atoms with Crippen LogP contribution >= 0.6 is 0 Å². The van der Waals surface area contributed by atoms with E-state index in [2.05, 4.69) is 19.3 Å². The van der Waals surface area contributed by atoms with Gasteiger partial charge in [-0.2, -0.15) is 0 Å². The summed E-state index contributed by atoms with van der Waals surface area (Å²) in [6.07, 6.45) is 7.54. The van der Waals surface area contributed by atoms with E-state index in [4.69, 9.17) is 4.84 Å². The summed E-state index contributed by atoms with van der Waals surface area (Å²) in [6, 6.07) is 0. The zero-order chi connectivity index (χ0) is 12.3. The molecule has 98 valence electrons. The van der Waals surface area contributed by atoms with Crippen LogP contribution in [0.25, 0.3) is 0 Å². The highest BCUT2D eigenvalue weighted by Crippen LogP contribution is 2.44. The summed E-state index contributed by atoms with van der Waals surface area (Å²) < 4.78 is 0. The van der Waals surface area contributed by atoms with Crippen molar-refractivity contribution < 1.29 is 9.63 Å². The van der Waals surface area contributed by atoms with Gasteiger partial charge in [-0.05, 0) is 43.4 Å². The lowest BCUT2D eigenvalue weighted by Gasteiger charge is -2.41. The lowest BCUT2D eigenvalue weighted by atomic mass is 9.64. The Labute approximate surface area is 104 Å². The van der Waals surface area contributed by atoms with Gasteiger partial charge >= 0.3 is 0 Å². The molecule has 1 amide bonds. The second-order valence-electron chi connectivity index (χ2n) is 6.08. The van der Waals surface area contributed by atoms with E-state index in [-0.39, 0.29) is 11.8 Å². The number of hydrogen-bond donors (Lipinski definition) is 1. The van der Waals surface area contributed by atoms with Gasteiger partial charge in [-0.25, -0.2) is 5.48 Å². The first-order valence-electron chi connectivity index (χ1n) is 7.10. The van der Waals surface area contributed by atoms with Crippen molar-refractivity contribution in [3.63, 3.8) is 0 Å². The molecule has 2 aliphatic carbocycles. The molecule has 2 saturated carbocycles. The fourth-order valence-corrected chi connectivity index (χ4v) is 2.76. The summed E-state index contributed by atoms with van der Waals surface area (Å²) in [6.45, 7) is 4.77. The zero-order valence-corrected chi connectivity index (χ0v) is 11.1. The number of carbonyl (C=O) groups excluding carboxylic acids is 1. The van der Waals surface area contributed by atoms with Crippen molar-refractivity contribution in [1.29, 1.82) is 0 Å². The van der Waals surface area contributed by atoms with Crippen molar-refractivity contribution in [3.05, 3.63) is 0 Å². The summed E-state index contributed by atoms with van der Waals surface area (Å²) in [5.74, 6) is 2.08. The molecule has 0 aromatic carbocycles. The average Bonchev–Trinajstić information content (AvgIpc) is 2.10. The first-order valence-corrected chi connectivity index (χ1v) is 7.10. The van der Waals surface area contributed by atoms with Crippen LogP contribution in [-0.4, -0.2) is 12.5 Å². The first-order chi connectivity index (χ1) is 8.18. The predicted molar refractivity (Wildman–Crippen MR) is 67.1 cm³/mol. The van der Waals surface area contributed by atoms with Crippen LogP contribution in [0.5, 0.6) is 0 Å². The van der Waals surface area contributed by atoms with E-state index < -0.39 is 0 Å². The fourth-order valence-electron chi connectivity index (χ4n) is 2.76. The molecule has 0 saturated heterocycles. The molecule has 0 atom stereocenters. The van der Waals surface area contributed by atoms with Gasteiger partial charge in [-0.1, -0.05) is 26.7 Å². The second-order valence-corrected chi connectivity index (χ2v) is 6.08. The highest BCUT2D eigenvalue weighted by Gasteiger charge is 2.40. The average molecular weight is 239 g/mol. The molecule has 0 aromatic rings. The van der Waals surface area contributed by atoms with Crippen molar-refractivity contribution >= 4 is 5.91 Å². The number of amides is 1. The maximum absolute atomic E-state index is 12.2. The minimum Gasteiger partial charge on any atom is -0.273 e. The number of rotatable bonds is 6. The Hall–Kier alpha value is -0.570. The predicted octanol–water partition coefficient (Wildman–Crippen LogP) is 2.91. The molecular weight excluding hydrogens is 214 g/mol. The lowest BCUT2D eigenvalue weighted by Crippen LogP contribution is -2.43. The minimum atomic E-state index is 0.139. The molecule has 2 fully saturated rings. The van der Waals surface area contributed by atoms with Crippen molar-refractivity contribution in [1.82, 2.24) is 5.48 Å². The molecule has 3 nitrogen and oxygen atoms in total. The van der Waals surface area contributed by atoms with Crippen LogP contribution in [0.4, 0.5) is 0 Å². The molecule has 2 aliphatic rings. The standard InChI is InChI=1S/C14H25NO2/c1-10(2)9-17-15-14(16)13(11-5-3-6-11)12-7-4-8-12/h10-13H,3-9H2,1-2H3,(H,15,16). The van der Waals surface area contributed by atoms with Gasteiger partial charge in [0.15, 0.2) is 0 Å². The molecule has 0 heterocycles. The monoisotopic (exact) mass is 239 g/mol. The third-order valence-electron chi connectivity index (χ3n) is 4.21. The van der Waals surface area contributed by atoms with Gasteiger partial charge in [0.1, 0.15) is 0 Å². The van der Waals surface area contributed by atoms with Crippen LogP contribution in [0, 0.1) is 23.7 Å². The van der Waals surface area contributed by atoms with E-state index in [0.717, 1.165) is 0 Å². The number of nitrogens with one attached hydrogen (secondary N) is 1. The molecule has 3 heteroatoms. The van der Waals surface area contributed by atoms with Crippen LogP contribution in [0.15, 0.2) is 0 Å². The Morgan fingerprint density at radius 1 is 1.18 bits per heavy atom. The van der Waals surface area contributed by atoms with Crippen LogP contribution < -0.4 is 5.48 Å². The Morgan fingerprint density at radius 3 is 2.06 bits per heavy atom. The van der Waals surface area contributed by atoms with Gasteiger partial charge in [0, 0.05) is 5.92 Å². The lowest BCUT2D eigenvalue weighted by molar-refractivity contribution is -0.145. The van der Waals surface area contributed by atoms with Gasteiger partial charge in [-0.3, -0.25) is 9.63 Å². The summed E-state index contributed by atoms with van der Waals surface area (Å²) in [5, 5.41) is 0. The zero-order valence-electron chi connectivity index (χ0n) is 11.1. The molecule has 0 radical (unpaired) electrons. The molecule has 0 aliphatic heterocycles. The van der Waals surface area contributed by atoms with E-state index in [1.807, 2.05) is 0 Å². The van der Waals surface area contributed by atoms with E-state index in [0.29, 0.717) is 24.4 Å². The van der Waals surface area contributed by atoms with Crippen molar-refractivity contribution in [2.24, 2.45) is 23.7 Å². The smallest absolute Gasteiger partial charge is 0.247 e. The normalized spacial score (nSPS) is 21.4. The van der Waals surface area contributed by atoms with Crippen LogP contribution in [0.2, 0.25) is 0 Å². The van der Waals surface area contributed by atoms with Crippen molar-refractivity contribution in [2.75, 3.05) is 6.61 Å². The number of carbonyl (C=O) groups is 1. The highest BCUT2D eigenvalue weighted by atomic mass is 16.6. The maximum atomic E-state index is 12.2. The van der Waals surface area contributed by atoms with Crippen molar-refractivity contribution in [2.45, 2.75) is 52.4 Å². The summed E-state index contributed by atoms with van der Waals surface area (Å²) in [5.41, 5.74) is 2.67. The fraction of sp³-hybridized carbons (Fsp3) is 0.929. The highest BCUT2D eigenvalue weighted by molar-refractivity contribution is 5.78. The van der Waals surface area contributed by atoms with E-state index in [9.17, 15) is 4.79 Å². The Morgan fingerprint density at radius 2 is 1.71 bits per heavy atom. The Bertz CT molecular complexity index is 243. The molecule has 17 heavy (non-hydrogen) atoms. The molecule has 1 N–H and O–H groups in total. The van der Waals surface area contributed by atoms with Gasteiger partial charge in [0.25, 0.3) is 0 Å². The molecule has 0 bridgehead atoms. The Balaban J connectivity index is 1.79. The summed E-state index contributed by atoms with van der Waals surface area (Å²) >= 11 is 0. The van der Waals surface area contributed by atoms with Gasteiger partial charge in [0.05, 0.1) is 6.61 Å². The van der Waals surface area contributed by atoms with Crippen molar-refractivity contribution in [3.8, 4) is 0 Å². The number of hydroxylamine groups is 1. The van der Waals surface area contributed by atoms with Crippen LogP contribution in [0.3, 0.4) is 0 Å². The molecular formula is C14H25NO2. The maximum Gasteiger partial charge on any atom is 0.247 e. The summed E-state index contributed by atoms with van der Waals surface area (Å²) in [4.78, 5) is 17.4. The van der Waals surface area contributed by atoms with E-state index >= 15 is 0 Å². The summed E-state index contributed by atoms with van der Waals surface area (Å²) in [7, 11) is 0. The first kappa shape index (κ1) is 12.9. The largest absolute Gasteiger partial charge is 0.273 e. The molecule has 2 rings (SSSR count). The Kier molecular flexibility index (Phi) is 4.43. The van der Waals surface area contributed by atoms with Gasteiger partial charge in [0.2, 0.25) is 5.91 Å². The number of hydrogen-bond acceptors (Lipinski definition) is 2.